The minimum absolute atomic E-state index is 0.371. The topological polar surface area (TPSA) is 24.5 Å². The first-order valence-electron chi connectivity index (χ1n) is 6.17. The van der Waals surface area contributed by atoms with Gasteiger partial charge >= 0.3 is 0 Å². The van der Waals surface area contributed by atoms with Crippen LogP contribution in [0.2, 0.25) is 0 Å². The molecule has 0 radical (unpaired) electrons. The Balaban J connectivity index is 2.18. The SMILES string of the molecule is CC[C@H](C)[C@@H](C)NC[C@H]1CN(C)CCO1. The Bertz CT molecular complexity index is 175. The third kappa shape index (κ3) is 4.49. The molecule has 0 aliphatic carbocycles. The van der Waals surface area contributed by atoms with E-state index >= 15 is 0 Å². The van der Waals surface area contributed by atoms with Gasteiger partial charge in [0.2, 0.25) is 0 Å². The van der Waals surface area contributed by atoms with Gasteiger partial charge in [0.1, 0.15) is 0 Å². The highest BCUT2D eigenvalue weighted by molar-refractivity contribution is 4.74. The zero-order valence-corrected chi connectivity index (χ0v) is 10.6. The number of likely N-dealkylation sites (N-methyl/N-ethyl adjacent to an activating group) is 1. The average Bonchev–Trinajstić information content (AvgIpc) is 2.25. The Morgan fingerprint density at radius 2 is 2.20 bits per heavy atom. The Morgan fingerprint density at radius 3 is 2.80 bits per heavy atom. The second-order valence-electron chi connectivity index (χ2n) is 4.84. The summed E-state index contributed by atoms with van der Waals surface area (Å²) in [7, 11) is 2.16. The van der Waals surface area contributed by atoms with Crippen molar-refractivity contribution >= 4 is 0 Å². The summed E-state index contributed by atoms with van der Waals surface area (Å²) in [5.41, 5.74) is 0. The lowest BCUT2D eigenvalue weighted by Gasteiger charge is -2.31. The molecule has 1 saturated heterocycles. The molecular weight excluding hydrogens is 188 g/mol. The van der Waals surface area contributed by atoms with E-state index in [-0.39, 0.29) is 0 Å². The summed E-state index contributed by atoms with van der Waals surface area (Å²) in [5.74, 6) is 0.742. The van der Waals surface area contributed by atoms with Crippen LogP contribution in [0.5, 0.6) is 0 Å². The molecule has 1 heterocycles. The van der Waals surface area contributed by atoms with E-state index in [2.05, 4.69) is 38.0 Å². The van der Waals surface area contributed by atoms with Crippen molar-refractivity contribution in [2.75, 3.05) is 33.3 Å². The molecule has 90 valence electrons. The quantitative estimate of drug-likeness (QED) is 0.747. The lowest BCUT2D eigenvalue weighted by molar-refractivity contribution is -0.0197. The fourth-order valence-electron chi connectivity index (χ4n) is 1.86. The van der Waals surface area contributed by atoms with Crippen LogP contribution in [-0.2, 0) is 4.74 Å². The van der Waals surface area contributed by atoms with Gasteiger partial charge in [-0.15, -0.1) is 0 Å². The van der Waals surface area contributed by atoms with Crippen LogP contribution in [0, 0.1) is 5.92 Å². The minimum Gasteiger partial charge on any atom is -0.374 e. The van der Waals surface area contributed by atoms with E-state index in [1.54, 1.807) is 0 Å². The van der Waals surface area contributed by atoms with E-state index in [0.29, 0.717) is 12.1 Å². The maximum atomic E-state index is 5.71. The highest BCUT2D eigenvalue weighted by Gasteiger charge is 2.18. The van der Waals surface area contributed by atoms with E-state index in [9.17, 15) is 0 Å². The highest BCUT2D eigenvalue weighted by Crippen LogP contribution is 2.08. The standard InChI is InChI=1S/C12H26N2O/c1-5-10(2)11(3)13-8-12-9-14(4)6-7-15-12/h10-13H,5-9H2,1-4H3/t10-,11+,12-/m0/s1. The molecule has 0 bridgehead atoms. The zero-order valence-electron chi connectivity index (χ0n) is 10.6. The van der Waals surface area contributed by atoms with Gasteiger partial charge in [0.25, 0.3) is 0 Å². The van der Waals surface area contributed by atoms with Gasteiger partial charge in [-0.05, 0) is 19.9 Å². The number of hydrogen-bond acceptors (Lipinski definition) is 3. The van der Waals surface area contributed by atoms with E-state index in [0.717, 1.165) is 32.2 Å². The average molecular weight is 214 g/mol. The van der Waals surface area contributed by atoms with Gasteiger partial charge < -0.3 is 15.0 Å². The molecule has 0 unspecified atom stereocenters. The Hall–Kier alpha value is -0.120. The van der Waals surface area contributed by atoms with E-state index < -0.39 is 0 Å². The molecule has 0 spiro atoms. The second-order valence-corrected chi connectivity index (χ2v) is 4.84. The van der Waals surface area contributed by atoms with Crippen LogP contribution in [0.4, 0.5) is 0 Å². The van der Waals surface area contributed by atoms with Crippen molar-refractivity contribution in [3.05, 3.63) is 0 Å². The largest absolute Gasteiger partial charge is 0.374 e. The van der Waals surface area contributed by atoms with Crippen LogP contribution in [-0.4, -0.2) is 50.3 Å². The third-order valence-corrected chi connectivity index (χ3v) is 3.51. The molecule has 0 saturated carbocycles. The number of ether oxygens (including phenoxy) is 1. The van der Waals surface area contributed by atoms with E-state index in [1.807, 2.05) is 0 Å². The van der Waals surface area contributed by atoms with Crippen molar-refractivity contribution in [2.45, 2.75) is 39.3 Å². The third-order valence-electron chi connectivity index (χ3n) is 3.51. The Kier molecular flexibility index (Phi) is 5.58. The van der Waals surface area contributed by atoms with Gasteiger partial charge in [-0.25, -0.2) is 0 Å². The first-order valence-corrected chi connectivity index (χ1v) is 6.17. The van der Waals surface area contributed by atoms with E-state index in [4.69, 9.17) is 4.74 Å². The second kappa shape index (κ2) is 6.46. The molecular formula is C12H26N2O. The summed E-state index contributed by atoms with van der Waals surface area (Å²) in [4.78, 5) is 2.34. The smallest absolute Gasteiger partial charge is 0.0826 e. The van der Waals surface area contributed by atoms with Crippen LogP contribution in [0.3, 0.4) is 0 Å². The van der Waals surface area contributed by atoms with Gasteiger partial charge in [0, 0.05) is 25.7 Å². The summed E-state index contributed by atoms with van der Waals surface area (Å²) in [6.45, 7) is 10.8. The summed E-state index contributed by atoms with van der Waals surface area (Å²) >= 11 is 0. The molecule has 1 aliphatic heterocycles. The highest BCUT2D eigenvalue weighted by atomic mass is 16.5. The summed E-state index contributed by atoms with van der Waals surface area (Å²) in [5, 5.41) is 3.57. The number of rotatable bonds is 5. The van der Waals surface area contributed by atoms with Crippen LogP contribution in [0.1, 0.15) is 27.2 Å². The molecule has 1 fully saturated rings. The molecule has 0 aromatic heterocycles. The van der Waals surface area contributed by atoms with Crippen molar-refractivity contribution in [3.8, 4) is 0 Å². The maximum absolute atomic E-state index is 5.71. The van der Waals surface area contributed by atoms with Crippen molar-refractivity contribution in [1.82, 2.24) is 10.2 Å². The lowest BCUT2D eigenvalue weighted by Crippen LogP contribution is -2.47. The Morgan fingerprint density at radius 1 is 1.47 bits per heavy atom. The molecule has 15 heavy (non-hydrogen) atoms. The number of nitrogens with one attached hydrogen (secondary N) is 1. The first kappa shape index (κ1) is 12.9. The van der Waals surface area contributed by atoms with Crippen LogP contribution >= 0.6 is 0 Å². The summed E-state index contributed by atoms with van der Waals surface area (Å²) < 4.78 is 5.71. The van der Waals surface area contributed by atoms with Crippen LogP contribution in [0.15, 0.2) is 0 Å². The van der Waals surface area contributed by atoms with Crippen LogP contribution < -0.4 is 5.32 Å². The monoisotopic (exact) mass is 214 g/mol. The van der Waals surface area contributed by atoms with Crippen molar-refractivity contribution < 1.29 is 4.74 Å². The molecule has 1 aliphatic rings. The van der Waals surface area contributed by atoms with E-state index in [1.165, 1.54) is 6.42 Å². The molecule has 1 rings (SSSR count). The fraction of sp³-hybridized carbons (Fsp3) is 1.00. The molecule has 3 atom stereocenters. The van der Waals surface area contributed by atoms with Gasteiger partial charge in [-0.2, -0.15) is 0 Å². The first-order chi connectivity index (χ1) is 7.13. The molecule has 3 nitrogen and oxygen atoms in total. The number of hydrogen-bond donors (Lipinski definition) is 1. The minimum atomic E-state index is 0.371. The predicted molar refractivity (Wildman–Crippen MR) is 64.2 cm³/mol. The maximum Gasteiger partial charge on any atom is 0.0826 e. The predicted octanol–water partition coefficient (Wildman–Crippen LogP) is 1.34. The van der Waals surface area contributed by atoms with Gasteiger partial charge in [0.05, 0.1) is 12.7 Å². The normalized spacial score (nSPS) is 27.6. The molecule has 0 aromatic rings. The van der Waals surface area contributed by atoms with Crippen molar-refractivity contribution in [3.63, 3.8) is 0 Å². The number of morpholine rings is 1. The fourth-order valence-corrected chi connectivity index (χ4v) is 1.86. The van der Waals surface area contributed by atoms with Gasteiger partial charge in [-0.3, -0.25) is 0 Å². The molecule has 0 amide bonds. The van der Waals surface area contributed by atoms with Gasteiger partial charge in [0.15, 0.2) is 0 Å². The van der Waals surface area contributed by atoms with Gasteiger partial charge in [-0.1, -0.05) is 20.3 Å². The molecule has 0 aromatic carbocycles. The molecule has 3 heteroatoms. The summed E-state index contributed by atoms with van der Waals surface area (Å²) in [6, 6.07) is 0.589. The van der Waals surface area contributed by atoms with Crippen molar-refractivity contribution in [2.24, 2.45) is 5.92 Å². The Labute approximate surface area is 94.2 Å². The van der Waals surface area contributed by atoms with Crippen LogP contribution in [0.25, 0.3) is 0 Å². The lowest BCUT2D eigenvalue weighted by atomic mass is 10.0. The number of nitrogens with zero attached hydrogens (tertiary/aromatic N) is 1. The summed E-state index contributed by atoms with van der Waals surface area (Å²) in [6.07, 6.45) is 1.61. The van der Waals surface area contributed by atoms with Crippen molar-refractivity contribution in [1.29, 1.82) is 0 Å². The molecule has 1 N–H and O–H groups in total. The zero-order chi connectivity index (χ0) is 11.3.